The summed E-state index contributed by atoms with van der Waals surface area (Å²) in [4.78, 5) is 27.6. The van der Waals surface area contributed by atoms with Gasteiger partial charge in [0, 0.05) is 25.3 Å². The minimum absolute atomic E-state index is 0.130. The maximum atomic E-state index is 12.1. The lowest BCUT2D eigenvalue weighted by Gasteiger charge is -2.21. The maximum absolute atomic E-state index is 12.1. The number of nitrogens with zero attached hydrogens (tertiary/aromatic N) is 2. The fourth-order valence-electron chi connectivity index (χ4n) is 3.08. The van der Waals surface area contributed by atoms with Crippen molar-refractivity contribution in [2.75, 3.05) is 24.5 Å². The first-order valence-corrected chi connectivity index (χ1v) is 7.46. The van der Waals surface area contributed by atoms with Gasteiger partial charge in [-0.25, -0.2) is 4.79 Å². The lowest BCUT2D eigenvalue weighted by atomic mass is 10.1. The Morgan fingerprint density at radius 3 is 2.67 bits per heavy atom. The van der Waals surface area contributed by atoms with Crippen molar-refractivity contribution < 1.29 is 9.59 Å². The molecule has 1 N–H and O–H groups in total. The molecule has 5 nitrogen and oxygen atoms in total. The number of benzene rings is 1. The molecule has 21 heavy (non-hydrogen) atoms. The monoisotopic (exact) mass is 287 g/mol. The Morgan fingerprint density at radius 2 is 1.95 bits per heavy atom. The zero-order valence-electron chi connectivity index (χ0n) is 12.6. The standard InChI is InChI=1S/C16H21N3O2/c1-16(2)14(20)19(15(21)17-16)10-5-9-18-11-8-12-6-3-4-7-13(12)18/h3-4,6-7H,5,8-11H2,1-2H3,(H,17,21). The van der Waals surface area contributed by atoms with Crippen LogP contribution in [0.25, 0.3) is 0 Å². The third-order valence-electron chi connectivity index (χ3n) is 4.24. The third-order valence-corrected chi connectivity index (χ3v) is 4.24. The number of rotatable bonds is 4. The molecule has 1 fully saturated rings. The Labute approximate surface area is 124 Å². The maximum Gasteiger partial charge on any atom is 0.325 e. The second-order valence-electron chi connectivity index (χ2n) is 6.23. The topological polar surface area (TPSA) is 52.7 Å². The first-order valence-electron chi connectivity index (χ1n) is 7.46. The quantitative estimate of drug-likeness (QED) is 0.859. The minimum Gasteiger partial charge on any atom is -0.371 e. The predicted octanol–water partition coefficient (Wildman–Crippen LogP) is 1.77. The molecule has 0 saturated carbocycles. The summed E-state index contributed by atoms with van der Waals surface area (Å²) in [6.45, 7) is 5.85. The normalized spacial score (nSPS) is 19.9. The molecule has 3 rings (SSSR count). The zero-order valence-corrected chi connectivity index (χ0v) is 12.6. The zero-order chi connectivity index (χ0) is 15.0. The van der Waals surface area contributed by atoms with Gasteiger partial charge in [0.2, 0.25) is 0 Å². The number of imide groups is 1. The van der Waals surface area contributed by atoms with Crippen molar-refractivity contribution in [3.63, 3.8) is 0 Å². The van der Waals surface area contributed by atoms with Gasteiger partial charge in [0.25, 0.3) is 5.91 Å². The van der Waals surface area contributed by atoms with Crippen molar-refractivity contribution in [3.8, 4) is 0 Å². The summed E-state index contributed by atoms with van der Waals surface area (Å²) in [5.41, 5.74) is 1.90. The number of amides is 3. The van der Waals surface area contributed by atoms with E-state index in [0.29, 0.717) is 6.54 Å². The van der Waals surface area contributed by atoms with Crippen LogP contribution in [0.4, 0.5) is 10.5 Å². The van der Waals surface area contributed by atoms with E-state index >= 15 is 0 Å². The van der Waals surface area contributed by atoms with Gasteiger partial charge in [-0.15, -0.1) is 0 Å². The predicted molar refractivity (Wildman–Crippen MR) is 81.3 cm³/mol. The number of nitrogens with one attached hydrogen (secondary N) is 1. The van der Waals surface area contributed by atoms with E-state index in [0.717, 1.165) is 25.9 Å². The van der Waals surface area contributed by atoms with E-state index in [-0.39, 0.29) is 11.9 Å². The van der Waals surface area contributed by atoms with E-state index in [2.05, 4.69) is 34.5 Å². The summed E-state index contributed by atoms with van der Waals surface area (Å²) < 4.78 is 0. The molecule has 2 heterocycles. The Hall–Kier alpha value is -2.04. The Morgan fingerprint density at radius 1 is 1.19 bits per heavy atom. The molecule has 1 saturated heterocycles. The first kappa shape index (κ1) is 13.9. The van der Waals surface area contributed by atoms with Gasteiger partial charge in [0.05, 0.1) is 0 Å². The molecule has 2 aliphatic heterocycles. The summed E-state index contributed by atoms with van der Waals surface area (Å²) in [5, 5.41) is 2.71. The second-order valence-corrected chi connectivity index (χ2v) is 6.23. The van der Waals surface area contributed by atoms with Crippen molar-refractivity contribution in [2.45, 2.75) is 32.2 Å². The van der Waals surface area contributed by atoms with Crippen LogP contribution in [0.15, 0.2) is 24.3 Å². The van der Waals surface area contributed by atoms with Crippen LogP contribution in [0.3, 0.4) is 0 Å². The molecular formula is C16H21N3O2. The van der Waals surface area contributed by atoms with Gasteiger partial charge < -0.3 is 10.2 Å². The second kappa shape index (κ2) is 5.06. The van der Waals surface area contributed by atoms with E-state index in [1.165, 1.54) is 16.2 Å². The molecule has 0 aliphatic carbocycles. The molecule has 1 aromatic rings. The molecule has 3 amide bonds. The minimum atomic E-state index is -0.767. The highest BCUT2D eigenvalue weighted by Crippen LogP contribution is 2.27. The van der Waals surface area contributed by atoms with Crippen LogP contribution in [0.1, 0.15) is 25.8 Å². The molecule has 5 heteroatoms. The molecule has 0 aromatic heterocycles. The Bertz CT molecular complexity index is 583. The summed E-state index contributed by atoms with van der Waals surface area (Å²) in [5.74, 6) is -0.130. The van der Waals surface area contributed by atoms with E-state index < -0.39 is 5.54 Å². The van der Waals surface area contributed by atoms with Crippen molar-refractivity contribution in [1.82, 2.24) is 10.2 Å². The largest absolute Gasteiger partial charge is 0.371 e. The van der Waals surface area contributed by atoms with E-state index in [4.69, 9.17) is 0 Å². The van der Waals surface area contributed by atoms with Crippen LogP contribution < -0.4 is 10.2 Å². The van der Waals surface area contributed by atoms with Gasteiger partial charge in [-0.1, -0.05) is 18.2 Å². The van der Waals surface area contributed by atoms with Crippen molar-refractivity contribution in [2.24, 2.45) is 0 Å². The highest BCUT2D eigenvalue weighted by Gasteiger charge is 2.43. The van der Waals surface area contributed by atoms with Crippen LogP contribution >= 0.6 is 0 Å². The van der Waals surface area contributed by atoms with Crippen LogP contribution in [-0.4, -0.2) is 42.0 Å². The number of carbonyl (C=O) groups excluding carboxylic acids is 2. The number of anilines is 1. The van der Waals surface area contributed by atoms with Crippen molar-refractivity contribution in [3.05, 3.63) is 29.8 Å². The van der Waals surface area contributed by atoms with E-state index in [1.807, 2.05) is 0 Å². The molecule has 1 aromatic carbocycles. The molecule has 0 unspecified atom stereocenters. The average Bonchev–Trinajstić information content (AvgIpc) is 2.93. The highest BCUT2D eigenvalue weighted by atomic mass is 16.2. The van der Waals surface area contributed by atoms with Gasteiger partial charge in [-0.3, -0.25) is 9.69 Å². The summed E-state index contributed by atoms with van der Waals surface area (Å²) in [7, 11) is 0. The van der Waals surface area contributed by atoms with Crippen molar-refractivity contribution in [1.29, 1.82) is 0 Å². The number of urea groups is 1. The fourth-order valence-corrected chi connectivity index (χ4v) is 3.08. The van der Waals surface area contributed by atoms with Crippen LogP contribution in [0.5, 0.6) is 0 Å². The summed E-state index contributed by atoms with van der Waals surface area (Å²) in [6.07, 6.45) is 1.87. The lowest BCUT2D eigenvalue weighted by molar-refractivity contribution is -0.130. The lowest BCUT2D eigenvalue weighted by Crippen LogP contribution is -2.40. The van der Waals surface area contributed by atoms with Crippen LogP contribution in [0.2, 0.25) is 0 Å². The Balaban J connectivity index is 1.56. The molecule has 0 spiro atoms. The highest BCUT2D eigenvalue weighted by molar-refractivity contribution is 6.06. The molecule has 112 valence electrons. The van der Waals surface area contributed by atoms with Gasteiger partial charge in [0.15, 0.2) is 0 Å². The molecule has 0 bridgehead atoms. The number of carbonyl (C=O) groups is 2. The van der Waals surface area contributed by atoms with Gasteiger partial charge in [-0.05, 0) is 38.3 Å². The fraction of sp³-hybridized carbons (Fsp3) is 0.500. The SMILES string of the molecule is CC1(C)NC(=O)N(CCCN2CCc3ccccc32)C1=O. The van der Waals surface area contributed by atoms with E-state index in [1.54, 1.807) is 13.8 Å². The smallest absolute Gasteiger partial charge is 0.325 e. The van der Waals surface area contributed by atoms with Crippen LogP contribution in [0, 0.1) is 0 Å². The molecule has 0 radical (unpaired) electrons. The van der Waals surface area contributed by atoms with Gasteiger partial charge in [0.1, 0.15) is 5.54 Å². The summed E-state index contributed by atoms with van der Waals surface area (Å²) in [6, 6.07) is 8.15. The summed E-state index contributed by atoms with van der Waals surface area (Å²) >= 11 is 0. The number of hydrogen-bond donors (Lipinski definition) is 1. The number of hydrogen-bond acceptors (Lipinski definition) is 3. The third kappa shape index (κ3) is 2.48. The van der Waals surface area contributed by atoms with E-state index in [9.17, 15) is 9.59 Å². The van der Waals surface area contributed by atoms with Crippen molar-refractivity contribution >= 4 is 17.6 Å². The van der Waals surface area contributed by atoms with Gasteiger partial charge >= 0.3 is 6.03 Å². The molecule has 0 atom stereocenters. The Kier molecular flexibility index (Phi) is 3.35. The molecule has 2 aliphatic rings. The molecular weight excluding hydrogens is 266 g/mol. The number of para-hydroxylation sites is 1. The van der Waals surface area contributed by atoms with Crippen LogP contribution in [-0.2, 0) is 11.2 Å². The average molecular weight is 287 g/mol. The van der Waals surface area contributed by atoms with Gasteiger partial charge in [-0.2, -0.15) is 0 Å². The number of fused-ring (bicyclic) bond motifs is 1. The first-order chi connectivity index (χ1) is 9.99.